The summed E-state index contributed by atoms with van der Waals surface area (Å²) in [5.74, 6) is 0. The van der Waals surface area contributed by atoms with E-state index >= 15 is 0 Å². The van der Waals surface area contributed by atoms with Gasteiger partial charge < -0.3 is 142 Å². The van der Waals surface area contributed by atoms with E-state index in [1.54, 1.807) is 0 Å². The zero-order valence-corrected chi connectivity index (χ0v) is 74.9. The molecule has 0 aromatic heterocycles. The van der Waals surface area contributed by atoms with E-state index in [-0.39, 0.29) is 91.6 Å². The second-order valence-electron chi connectivity index (χ2n) is 34.6. The predicted molar refractivity (Wildman–Crippen MR) is 474 cm³/mol. The molecule has 0 amide bonds. The Morgan fingerprint density at radius 3 is 0.738 bits per heavy atom. The van der Waals surface area contributed by atoms with Crippen molar-refractivity contribution >= 4 is 30.4 Å². The monoisotopic (exact) mass is 1810 g/mol. The first kappa shape index (κ1) is 96.7. The summed E-state index contributed by atoms with van der Waals surface area (Å²) in [5, 5.41) is 0. The summed E-state index contributed by atoms with van der Waals surface area (Å²) >= 11 is 0. The van der Waals surface area contributed by atoms with Crippen LogP contribution >= 0.6 is 0 Å². The lowest BCUT2D eigenvalue weighted by Gasteiger charge is -2.18. The molecule has 0 radical (unpaired) electrons. The molecule has 20 rings (SSSR count). The van der Waals surface area contributed by atoms with Crippen LogP contribution in [-0.2, 0) is 241 Å². The minimum absolute atomic E-state index is 0.246. The minimum atomic E-state index is 0.246. The van der Waals surface area contributed by atoms with Crippen molar-refractivity contribution in [3.63, 3.8) is 0 Å². The lowest BCUT2D eigenvalue weighted by Crippen LogP contribution is -2.12. The van der Waals surface area contributed by atoms with E-state index in [9.17, 15) is 0 Å². The quantitative estimate of drug-likeness (QED) is 0.0326. The Hall–Kier alpha value is -6.40. The highest BCUT2D eigenvalue weighted by atomic mass is 16.7. The van der Waals surface area contributed by atoms with Crippen molar-refractivity contribution in [1.29, 1.82) is 0 Å². The van der Waals surface area contributed by atoms with Gasteiger partial charge in [0.2, 0.25) is 0 Å². The van der Waals surface area contributed by atoms with Crippen LogP contribution in [0.4, 0.5) is 0 Å². The molecule has 15 aliphatic heterocycles. The third-order valence-corrected chi connectivity index (χ3v) is 22.9. The molecule has 5 aromatic carbocycles. The van der Waals surface area contributed by atoms with E-state index in [1.165, 1.54) is 0 Å². The van der Waals surface area contributed by atoms with Crippen molar-refractivity contribution in [2.24, 2.45) is 0 Å². The molecule has 0 spiro atoms. The largest absolute Gasteiger partial charge is 0.374 e. The summed E-state index contributed by atoms with van der Waals surface area (Å²) in [6, 6.07) is 21.1. The van der Waals surface area contributed by atoms with Gasteiger partial charge in [-0.25, -0.2) is 0 Å². The number of hydrogen-bond acceptors (Lipinski definition) is 30. The molecule has 0 aliphatic carbocycles. The van der Waals surface area contributed by atoms with E-state index in [4.69, 9.17) is 142 Å². The van der Waals surface area contributed by atoms with Crippen LogP contribution in [0.5, 0.6) is 0 Å². The highest BCUT2D eigenvalue weighted by Crippen LogP contribution is 2.33. The SMILES string of the molecule is C=Cc1c(COCC2CO2)cc(COCC2CO2)cc1COCC1CO1.C=Cc1c(COCC2CO2)ccc(COCC2CO2)c1COCC1CO1.C=Cc1cc(COCC2CO2)c(COCC2CO2)c(COCC2CO2)c1.C=Cc1cc(COCC2CO2)cc(COCC2CO2)c1COCC1CO1.C=Cc1ccc(COCC2CO2)c(COCC2CO2)c1COCC1CO1. The molecule has 15 fully saturated rings. The Morgan fingerprint density at radius 2 is 0.423 bits per heavy atom. The Balaban J connectivity index is 0.000000119. The second-order valence-corrected chi connectivity index (χ2v) is 34.6. The van der Waals surface area contributed by atoms with Gasteiger partial charge in [0.15, 0.2) is 0 Å². The van der Waals surface area contributed by atoms with Gasteiger partial charge in [-0.2, -0.15) is 0 Å². The molecule has 15 atom stereocenters. The van der Waals surface area contributed by atoms with E-state index in [0.717, 1.165) is 210 Å². The minimum Gasteiger partial charge on any atom is -0.374 e. The highest BCUT2D eigenvalue weighted by molar-refractivity contribution is 5.61. The van der Waals surface area contributed by atoms with Gasteiger partial charge in [-0.3, -0.25) is 0 Å². The van der Waals surface area contributed by atoms with Crippen molar-refractivity contribution in [1.82, 2.24) is 0 Å². The van der Waals surface area contributed by atoms with Crippen molar-refractivity contribution in [3.8, 4) is 0 Å². The molecule has 15 saturated heterocycles. The van der Waals surface area contributed by atoms with Crippen LogP contribution in [0.25, 0.3) is 30.4 Å². The van der Waals surface area contributed by atoms with Crippen LogP contribution in [0, 0.1) is 0 Å². The molecule has 0 N–H and O–H groups in total. The summed E-state index contributed by atoms with van der Waals surface area (Å²) in [4.78, 5) is 0. The number of hydrogen-bond donors (Lipinski definition) is 0. The van der Waals surface area contributed by atoms with E-state index in [1.807, 2.05) is 30.4 Å². The Labute approximate surface area is 762 Å². The van der Waals surface area contributed by atoms with Crippen LogP contribution < -0.4 is 0 Å². The molecule has 15 aliphatic rings. The molecular weight excluding hydrogens is 1680 g/mol. The Morgan fingerprint density at radius 1 is 0.192 bits per heavy atom. The highest BCUT2D eigenvalue weighted by Gasteiger charge is 2.34. The number of ether oxygens (including phenoxy) is 30. The normalized spacial score (nSPS) is 25.9. The van der Waals surface area contributed by atoms with Crippen molar-refractivity contribution in [2.75, 3.05) is 198 Å². The van der Waals surface area contributed by atoms with Crippen LogP contribution in [0.2, 0.25) is 0 Å². The third-order valence-electron chi connectivity index (χ3n) is 22.9. The second kappa shape index (κ2) is 51.0. The topological polar surface area (TPSA) is 326 Å². The standard InChI is InChI=1S/5C20H26O6/c1-2-20-15(6-22-9-18-12-25-18)3-14(5-21-8-17-11-24-17)4-16(20)7-23-10-19-13-26-19;1-2-15-3-14(5-21-7-17-10-24-17)4-16(6-22-8-18-11-25-18)20(15)13-23-9-19-12-26-19;1-2-14-3-15(5-21-7-17-10-24-17)20(13-23-9-19-12-26-19)16(4-14)6-22-8-18-11-25-18;1-2-19-14(5-21-7-16-10-24-16)3-4-15(6-22-8-17-11-25-17)20(19)13-23-9-18-12-26-18;1-2-14-3-4-15(5-21-6-16-9-24-16)20(13-23-8-18-11-26-18)19(14)12-22-7-17-10-25-17/h3*2-4,17-19H,1,5-13H2;2*2-4,16-18H,1,5-13H2. The Bertz CT molecular complexity index is 4250. The molecular formula is C100H130O30. The third kappa shape index (κ3) is 36.3. The van der Waals surface area contributed by atoms with Gasteiger partial charge in [0.1, 0.15) is 91.6 Å². The van der Waals surface area contributed by atoms with Crippen LogP contribution in [0.3, 0.4) is 0 Å². The average molecular weight is 1810 g/mol. The fourth-order valence-corrected chi connectivity index (χ4v) is 14.0. The Kier molecular flexibility index (Phi) is 37.9. The van der Waals surface area contributed by atoms with Crippen LogP contribution in [0.15, 0.2) is 93.6 Å². The smallest absolute Gasteiger partial charge is 0.104 e. The first-order valence-corrected chi connectivity index (χ1v) is 45.8. The van der Waals surface area contributed by atoms with Gasteiger partial charge in [-0.05, 0) is 129 Å². The van der Waals surface area contributed by atoms with Crippen molar-refractivity contribution < 1.29 is 142 Å². The predicted octanol–water partition coefficient (Wildman–Crippen LogP) is 10.4. The number of benzene rings is 5. The first-order chi connectivity index (χ1) is 64.1. The fraction of sp³-hybridized carbons (Fsp3) is 0.600. The molecule has 0 bridgehead atoms. The summed E-state index contributed by atoms with van der Waals surface area (Å²) in [6.45, 7) is 49.1. The zero-order chi connectivity index (χ0) is 88.8. The molecule has 710 valence electrons. The maximum Gasteiger partial charge on any atom is 0.104 e. The molecule has 0 saturated carbocycles. The maximum atomic E-state index is 5.88. The first-order valence-electron chi connectivity index (χ1n) is 45.8. The molecule has 30 heteroatoms. The number of epoxide rings is 15. The fourth-order valence-electron chi connectivity index (χ4n) is 14.0. The summed E-state index contributed by atoms with van der Waals surface area (Å²) in [7, 11) is 0. The molecule has 5 aromatic rings. The van der Waals surface area contributed by atoms with Gasteiger partial charge in [-0.15, -0.1) is 0 Å². The zero-order valence-electron chi connectivity index (χ0n) is 74.9. The average Bonchev–Trinajstić information content (AvgIpc) is 1.82. The van der Waals surface area contributed by atoms with Crippen LogP contribution in [-0.4, -0.2) is 290 Å². The maximum absolute atomic E-state index is 5.88. The summed E-state index contributed by atoms with van der Waals surface area (Å²) in [5.41, 5.74) is 22.0. The van der Waals surface area contributed by atoms with Gasteiger partial charge in [0.05, 0.1) is 297 Å². The van der Waals surface area contributed by atoms with E-state index < -0.39 is 0 Å². The lowest BCUT2D eigenvalue weighted by molar-refractivity contribution is 0.0847. The van der Waals surface area contributed by atoms with Crippen molar-refractivity contribution in [2.45, 2.75) is 191 Å². The lowest BCUT2D eigenvalue weighted by atomic mass is 9.96. The van der Waals surface area contributed by atoms with Gasteiger partial charge in [0, 0.05) is 0 Å². The van der Waals surface area contributed by atoms with Crippen LogP contribution in [0.1, 0.15) is 111 Å². The van der Waals surface area contributed by atoms with E-state index in [2.05, 4.69) is 93.6 Å². The summed E-state index contributed by atoms with van der Waals surface area (Å²) in [6.07, 6.45) is 13.2. The van der Waals surface area contributed by atoms with Gasteiger partial charge >= 0.3 is 0 Å². The summed E-state index contributed by atoms with van der Waals surface area (Å²) < 4.78 is 165. The molecule has 130 heavy (non-hydrogen) atoms. The van der Waals surface area contributed by atoms with Gasteiger partial charge in [-0.1, -0.05) is 106 Å². The van der Waals surface area contributed by atoms with E-state index in [0.29, 0.717) is 198 Å². The molecule has 15 unspecified atom stereocenters. The van der Waals surface area contributed by atoms with Crippen molar-refractivity contribution in [3.05, 3.63) is 205 Å². The van der Waals surface area contributed by atoms with Gasteiger partial charge in [0.25, 0.3) is 0 Å². The molecule has 30 nitrogen and oxygen atoms in total. The molecule has 15 heterocycles. The number of rotatable bonds is 65.